The van der Waals surface area contributed by atoms with Gasteiger partial charge in [0.2, 0.25) is 0 Å². The Morgan fingerprint density at radius 2 is 1.73 bits per heavy atom. The number of carbonyl (C=O) groups is 1. The zero-order valence-electron chi connectivity index (χ0n) is 28.8. The SMILES string of the molecule is Cc1cc(OCCCc2c3n(c4c(-c5c(C)nn(C)c5C)c(Cl)ccc24)[C@H](C)CN(c2cn(C)c4c(C#N)cccc24)C3=O)cc(C)c1Cl. The first kappa shape index (κ1) is 32.8. The van der Waals surface area contributed by atoms with Crippen molar-refractivity contribution in [3.05, 3.63) is 98.0 Å². The predicted molar refractivity (Wildman–Crippen MR) is 197 cm³/mol. The normalized spacial score (nSPS) is 14.6. The zero-order chi connectivity index (χ0) is 34.9. The molecule has 0 spiro atoms. The molecule has 49 heavy (non-hydrogen) atoms. The molecular formula is C39H38Cl2N6O2. The number of hydrogen-bond donors (Lipinski definition) is 0. The molecule has 8 nitrogen and oxygen atoms in total. The molecule has 1 aliphatic rings. The summed E-state index contributed by atoms with van der Waals surface area (Å²) in [5.41, 5.74) is 10.5. The second kappa shape index (κ2) is 12.3. The standard InChI is InChI=1S/C39H38Cl2N6O2/c1-21-16-27(17-22(2)35(21)41)49-15-9-12-28-29-13-14-31(40)34(33-24(4)43-45(7)25(33)5)37(29)47-23(3)19-46(39(48)38(28)47)32-20-44(6)36-26(18-42)10-8-11-30(32)36/h8,10-11,13-14,16-17,20,23H,9,12,15,19H2,1-7H3/t23-/m1/s1. The van der Waals surface area contributed by atoms with E-state index < -0.39 is 0 Å². The molecule has 250 valence electrons. The van der Waals surface area contributed by atoms with E-state index in [1.807, 2.05) is 91.6 Å². The van der Waals surface area contributed by atoms with Crippen LogP contribution in [-0.4, -0.2) is 38.0 Å². The van der Waals surface area contributed by atoms with E-state index >= 15 is 0 Å². The lowest BCUT2D eigenvalue weighted by Gasteiger charge is -2.34. The van der Waals surface area contributed by atoms with Gasteiger partial charge in [0.15, 0.2) is 0 Å². The van der Waals surface area contributed by atoms with E-state index in [1.54, 1.807) is 0 Å². The Kier molecular flexibility index (Phi) is 8.25. The molecule has 0 unspecified atom stereocenters. The molecule has 7 rings (SSSR count). The molecule has 1 amide bonds. The molecule has 3 aromatic carbocycles. The van der Waals surface area contributed by atoms with E-state index in [2.05, 4.69) is 30.6 Å². The number of fused-ring (bicyclic) bond motifs is 4. The van der Waals surface area contributed by atoms with Gasteiger partial charge in [-0.05, 0) is 88.4 Å². The Morgan fingerprint density at radius 3 is 2.41 bits per heavy atom. The van der Waals surface area contributed by atoms with E-state index in [0.717, 1.165) is 77.5 Å². The number of benzene rings is 3. The van der Waals surface area contributed by atoms with Crippen LogP contribution in [0.5, 0.6) is 5.75 Å². The predicted octanol–water partition coefficient (Wildman–Crippen LogP) is 9.18. The smallest absolute Gasteiger partial charge is 0.275 e. The largest absolute Gasteiger partial charge is 0.494 e. The number of halogens is 2. The number of para-hydroxylation sites is 1. The van der Waals surface area contributed by atoms with Gasteiger partial charge in [-0.25, -0.2) is 0 Å². The van der Waals surface area contributed by atoms with Gasteiger partial charge in [-0.15, -0.1) is 0 Å². The lowest BCUT2D eigenvalue weighted by Crippen LogP contribution is -2.42. The number of carbonyl (C=O) groups excluding carboxylic acids is 1. The van der Waals surface area contributed by atoms with Gasteiger partial charge in [-0.3, -0.25) is 9.48 Å². The van der Waals surface area contributed by atoms with Crippen molar-refractivity contribution in [3.8, 4) is 22.9 Å². The Labute approximate surface area is 296 Å². The highest BCUT2D eigenvalue weighted by molar-refractivity contribution is 6.35. The van der Waals surface area contributed by atoms with Crippen LogP contribution in [0.1, 0.15) is 63.5 Å². The number of hydrogen-bond acceptors (Lipinski definition) is 4. The molecule has 0 radical (unpaired) electrons. The van der Waals surface area contributed by atoms with Crippen LogP contribution in [0.15, 0.2) is 48.7 Å². The van der Waals surface area contributed by atoms with Crippen LogP contribution < -0.4 is 9.64 Å². The fourth-order valence-corrected chi connectivity index (χ4v) is 8.05. The summed E-state index contributed by atoms with van der Waals surface area (Å²) in [5, 5.41) is 17.8. The van der Waals surface area contributed by atoms with Crippen molar-refractivity contribution in [3.63, 3.8) is 0 Å². The van der Waals surface area contributed by atoms with Crippen LogP contribution in [0.2, 0.25) is 10.0 Å². The molecular weight excluding hydrogens is 655 g/mol. The van der Waals surface area contributed by atoms with Crippen LogP contribution in [0.4, 0.5) is 5.69 Å². The van der Waals surface area contributed by atoms with Crippen LogP contribution in [-0.2, 0) is 20.5 Å². The molecule has 0 saturated carbocycles. The minimum absolute atomic E-state index is 0.0780. The highest BCUT2D eigenvalue weighted by atomic mass is 35.5. The monoisotopic (exact) mass is 692 g/mol. The van der Waals surface area contributed by atoms with Gasteiger partial charge in [0.05, 0.1) is 39.6 Å². The van der Waals surface area contributed by atoms with Crippen molar-refractivity contribution in [1.82, 2.24) is 18.9 Å². The van der Waals surface area contributed by atoms with E-state index in [0.29, 0.717) is 42.3 Å². The number of aryl methyl sites for hydroxylation is 6. The van der Waals surface area contributed by atoms with Gasteiger partial charge in [-0.1, -0.05) is 41.4 Å². The van der Waals surface area contributed by atoms with E-state index in [-0.39, 0.29) is 11.9 Å². The van der Waals surface area contributed by atoms with Crippen molar-refractivity contribution in [2.24, 2.45) is 14.1 Å². The van der Waals surface area contributed by atoms with Crippen LogP contribution >= 0.6 is 23.2 Å². The molecule has 0 saturated heterocycles. The van der Waals surface area contributed by atoms with Gasteiger partial charge in [0, 0.05) is 65.5 Å². The first-order valence-electron chi connectivity index (χ1n) is 16.5. The third-order valence-electron chi connectivity index (χ3n) is 9.96. The molecule has 4 heterocycles. The second-order valence-electron chi connectivity index (χ2n) is 13.2. The summed E-state index contributed by atoms with van der Waals surface area (Å²) in [6, 6.07) is 15.8. The summed E-state index contributed by atoms with van der Waals surface area (Å²) >= 11 is 13.5. The quantitative estimate of drug-likeness (QED) is 0.156. The summed E-state index contributed by atoms with van der Waals surface area (Å²) < 4.78 is 12.2. The van der Waals surface area contributed by atoms with E-state index in [9.17, 15) is 10.1 Å². The third kappa shape index (κ3) is 5.19. The van der Waals surface area contributed by atoms with E-state index in [4.69, 9.17) is 33.0 Å². The second-order valence-corrected chi connectivity index (χ2v) is 14.0. The van der Waals surface area contributed by atoms with Crippen molar-refractivity contribution >= 4 is 56.6 Å². The highest BCUT2D eigenvalue weighted by Crippen LogP contribution is 2.45. The Hall–Kier alpha value is -4.71. The highest BCUT2D eigenvalue weighted by Gasteiger charge is 2.37. The van der Waals surface area contributed by atoms with Crippen molar-refractivity contribution in [2.75, 3.05) is 18.1 Å². The number of aromatic nitrogens is 4. The summed E-state index contributed by atoms with van der Waals surface area (Å²) in [4.78, 5) is 16.8. The average molecular weight is 694 g/mol. The fraction of sp³-hybridized carbons (Fsp3) is 0.308. The molecule has 10 heteroatoms. The van der Waals surface area contributed by atoms with Crippen molar-refractivity contribution < 1.29 is 9.53 Å². The fourth-order valence-electron chi connectivity index (χ4n) is 7.69. The first-order valence-corrected chi connectivity index (χ1v) is 17.2. The van der Waals surface area contributed by atoms with Gasteiger partial charge in [-0.2, -0.15) is 10.4 Å². The molecule has 0 fully saturated rings. The van der Waals surface area contributed by atoms with Crippen LogP contribution in [0, 0.1) is 39.0 Å². The Morgan fingerprint density at radius 1 is 1.00 bits per heavy atom. The number of anilines is 1. The maximum absolute atomic E-state index is 14.9. The molecule has 0 N–H and O–H groups in total. The van der Waals surface area contributed by atoms with Gasteiger partial charge < -0.3 is 18.8 Å². The van der Waals surface area contributed by atoms with Crippen molar-refractivity contribution in [2.45, 2.75) is 53.5 Å². The van der Waals surface area contributed by atoms with Gasteiger partial charge in [0.25, 0.3) is 5.91 Å². The lowest BCUT2D eigenvalue weighted by molar-refractivity contribution is 0.0957. The number of nitrogens with zero attached hydrogens (tertiary/aromatic N) is 6. The summed E-state index contributed by atoms with van der Waals surface area (Å²) in [6.45, 7) is 11.1. The van der Waals surface area contributed by atoms with Gasteiger partial charge in [0.1, 0.15) is 17.5 Å². The third-order valence-corrected chi connectivity index (χ3v) is 10.9. The topological polar surface area (TPSA) is 81.0 Å². The molecule has 0 aliphatic carbocycles. The van der Waals surface area contributed by atoms with E-state index in [1.165, 1.54) is 0 Å². The molecule has 1 atom stereocenters. The molecule has 1 aliphatic heterocycles. The zero-order valence-corrected chi connectivity index (χ0v) is 30.3. The lowest BCUT2D eigenvalue weighted by atomic mass is 9.98. The number of ether oxygens (including phenoxy) is 1. The summed E-state index contributed by atoms with van der Waals surface area (Å²) in [7, 11) is 3.86. The average Bonchev–Trinajstić information content (AvgIpc) is 3.68. The summed E-state index contributed by atoms with van der Waals surface area (Å²) in [5.74, 6) is 0.703. The molecule has 0 bridgehead atoms. The Balaban J connectivity index is 1.38. The number of nitriles is 1. The van der Waals surface area contributed by atoms with Crippen LogP contribution in [0.3, 0.4) is 0 Å². The maximum atomic E-state index is 14.9. The molecule has 6 aromatic rings. The maximum Gasteiger partial charge on any atom is 0.275 e. The minimum Gasteiger partial charge on any atom is -0.494 e. The van der Waals surface area contributed by atoms with Crippen LogP contribution in [0.25, 0.3) is 32.9 Å². The van der Waals surface area contributed by atoms with Gasteiger partial charge >= 0.3 is 0 Å². The molecule has 3 aromatic heterocycles. The number of rotatable bonds is 7. The number of amides is 1. The van der Waals surface area contributed by atoms with Crippen molar-refractivity contribution in [1.29, 1.82) is 5.26 Å². The summed E-state index contributed by atoms with van der Waals surface area (Å²) in [6.07, 6.45) is 3.27. The first-order chi connectivity index (χ1) is 23.4. The minimum atomic E-state index is -0.0795. The Bertz CT molecular complexity index is 2350.